The zero-order valence-corrected chi connectivity index (χ0v) is 22.6. The fraction of sp³-hybridized carbons (Fsp3) is 0.114. The molecule has 0 spiro atoms. The Labute approximate surface area is 231 Å². The van der Waals surface area contributed by atoms with Crippen molar-refractivity contribution in [2.45, 2.75) is 27.2 Å². The first-order chi connectivity index (χ1) is 18.9. The normalized spacial score (nSPS) is 11.1. The standard InChI is InChI=1S/C35H32N2O2/c1-26-11-5-21-34(23-26)39-35-22-9-15-30(25-35)24-33-20-10-19-32(37-33)18-8-14-29(4)38-28(3)13-7-17-31-16-6-12-27(2)36-31/h5-6,8-23,25H,3,24H2,1-2,4H3. The van der Waals surface area contributed by atoms with E-state index in [1.54, 1.807) is 12.2 Å². The van der Waals surface area contributed by atoms with E-state index < -0.39 is 0 Å². The summed E-state index contributed by atoms with van der Waals surface area (Å²) >= 11 is 0. The Morgan fingerprint density at radius 3 is 2.44 bits per heavy atom. The van der Waals surface area contributed by atoms with Crippen LogP contribution in [0, 0.1) is 13.8 Å². The van der Waals surface area contributed by atoms with Crippen LogP contribution in [-0.4, -0.2) is 9.97 Å². The van der Waals surface area contributed by atoms with Crippen LogP contribution in [0.1, 0.15) is 40.8 Å². The Morgan fingerprint density at radius 1 is 0.872 bits per heavy atom. The third-order valence-corrected chi connectivity index (χ3v) is 5.61. The zero-order valence-electron chi connectivity index (χ0n) is 22.6. The summed E-state index contributed by atoms with van der Waals surface area (Å²) in [5.74, 6) is 2.85. The molecule has 0 N–H and O–H groups in total. The van der Waals surface area contributed by atoms with Crippen LogP contribution in [0.5, 0.6) is 11.5 Å². The molecule has 0 bridgehead atoms. The van der Waals surface area contributed by atoms with Crippen LogP contribution >= 0.6 is 0 Å². The summed E-state index contributed by atoms with van der Waals surface area (Å²) in [4.78, 5) is 9.20. The van der Waals surface area contributed by atoms with E-state index in [1.807, 2.05) is 98.8 Å². The molecule has 0 amide bonds. The molecule has 0 unspecified atom stereocenters. The van der Waals surface area contributed by atoms with Crippen LogP contribution in [-0.2, 0) is 11.2 Å². The number of nitrogens with zero attached hydrogens (tertiary/aromatic N) is 2. The second kappa shape index (κ2) is 13.6. The number of pyridine rings is 2. The second-order valence-electron chi connectivity index (χ2n) is 9.16. The van der Waals surface area contributed by atoms with Crippen molar-refractivity contribution in [1.82, 2.24) is 9.97 Å². The topological polar surface area (TPSA) is 44.2 Å². The lowest BCUT2D eigenvalue weighted by atomic mass is 10.1. The van der Waals surface area contributed by atoms with E-state index in [9.17, 15) is 0 Å². The molecule has 39 heavy (non-hydrogen) atoms. The lowest BCUT2D eigenvalue weighted by Gasteiger charge is -2.08. The molecule has 4 aromatic rings. The van der Waals surface area contributed by atoms with E-state index in [2.05, 4.69) is 42.4 Å². The van der Waals surface area contributed by atoms with Gasteiger partial charge in [-0.1, -0.05) is 49.1 Å². The van der Waals surface area contributed by atoms with Crippen LogP contribution in [0.4, 0.5) is 0 Å². The minimum absolute atomic E-state index is 0.495. The van der Waals surface area contributed by atoms with Crippen molar-refractivity contribution < 1.29 is 9.47 Å². The maximum absolute atomic E-state index is 6.04. The predicted molar refractivity (Wildman–Crippen MR) is 159 cm³/mol. The van der Waals surface area contributed by atoms with Crippen molar-refractivity contribution in [2.75, 3.05) is 0 Å². The molecule has 0 saturated heterocycles. The molecule has 2 heterocycles. The summed E-state index contributed by atoms with van der Waals surface area (Å²) in [6.45, 7) is 9.82. The number of allylic oxidation sites excluding steroid dienone is 4. The van der Waals surface area contributed by atoms with Crippen molar-refractivity contribution >= 4 is 12.2 Å². The molecule has 2 aromatic heterocycles. The molecular weight excluding hydrogens is 480 g/mol. The third-order valence-electron chi connectivity index (χ3n) is 5.61. The highest BCUT2D eigenvalue weighted by molar-refractivity contribution is 5.48. The highest BCUT2D eigenvalue weighted by Gasteiger charge is 2.03. The molecule has 0 radical (unpaired) electrons. The Morgan fingerprint density at radius 2 is 1.62 bits per heavy atom. The van der Waals surface area contributed by atoms with Gasteiger partial charge in [0.1, 0.15) is 23.0 Å². The zero-order chi connectivity index (χ0) is 27.5. The first-order valence-corrected chi connectivity index (χ1v) is 12.8. The van der Waals surface area contributed by atoms with Crippen molar-refractivity contribution in [3.8, 4) is 11.5 Å². The molecule has 0 aliphatic carbocycles. The van der Waals surface area contributed by atoms with Gasteiger partial charge in [0.25, 0.3) is 0 Å². The van der Waals surface area contributed by atoms with Gasteiger partial charge in [-0.05, 0) is 92.6 Å². The van der Waals surface area contributed by atoms with Gasteiger partial charge >= 0.3 is 0 Å². The van der Waals surface area contributed by atoms with Gasteiger partial charge in [-0.2, -0.15) is 0 Å². The van der Waals surface area contributed by atoms with Crippen molar-refractivity contribution in [3.05, 3.63) is 161 Å². The lowest BCUT2D eigenvalue weighted by molar-refractivity contribution is 0.324. The van der Waals surface area contributed by atoms with Gasteiger partial charge in [-0.15, -0.1) is 5.73 Å². The molecule has 2 aromatic carbocycles. The molecular formula is C35H32N2O2. The molecule has 0 atom stereocenters. The van der Waals surface area contributed by atoms with Crippen LogP contribution < -0.4 is 4.74 Å². The number of hydrogen-bond acceptors (Lipinski definition) is 4. The van der Waals surface area contributed by atoms with E-state index in [1.165, 1.54) is 5.56 Å². The molecule has 0 saturated carbocycles. The highest BCUT2D eigenvalue weighted by atomic mass is 16.5. The van der Waals surface area contributed by atoms with E-state index in [4.69, 9.17) is 14.5 Å². The Hall–Kier alpha value is -4.92. The van der Waals surface area contributed by atoms with Gasteiger partial charge in [0.05, 0.1) is 11.4 Å². The largest absolute Gasteiger partial charge is 0.462 e. The summed E-state index contributed by atoms with van der Waals surface area (Å²) in [5.41, 5.74) is 9.02. The van der Waals surface area contributed by atoms with E-state index in [-0.39, 0.29) is 0 Å². The van der Waals surface area contributed by atoms with Crippen molar-refractivity contribution in [3.63, 3.8) is 0 Å². The Balaban J connectivity index is 1.33. The number of rotatable bonds is 10. The monoisotopic (exact) mass is 512 g/mol. The Bertz CT molecular complexity index is 1570. The first kappa shape index (κ1) is 27.1. The lowest BCUT2D eigenvalue weighted by Crippen LogP contribution is -1.94. The smallest absolute Gasteiger partial charge is 0.127 e. The minimum Gasteiger partial charge on any atom is -0.462 e. The number of hydrogen-bond donors (Lipinski definition) is 0. The quantitative estimate of drug-likeness (QED) is 0.121. The van der Waals surface area contributed by atoms with Crippen molar-refractivity contribution in [1.29, 1.82) is 0 Å². The van der Waals surface area contributed by atoms with Crippen LogP contribution in [0.25, 0.3) is 12.2 Å². The van der Waals surface area contributed by atoms with E-state index in [0.29, 0.717) is 17.9 Å². The molecule has 4 rings (SSSR count). The summed E-state index contributed by atoms with van der Waals surface area (Å²) in [5, 5.41) is 0. The average molecular weight is 513 g/mol. The van der Waals surface area contributed by atoms with Gasteiger partial charge in [0.2, 0.25) is 0 Å². The number of aryl methyl sites for hydroxylation is 2. The molecule has 4 heteroatoms. The minimum atomic E-state index is 0.495. The fourth-order valence-electron chi connectivity index (χ4n) is 3.85. The van der Waals surface area contributed by atoms with Gasteiger partial charge < -0.3 is 9.47 Å². The van der Waals surface area contributed by atoms with Gasteiger partial charge in [0.15, 0.2) is 0 Å². The summed E-state index contributed by atoms with van der Waals surface area (Å²) in [6, 6.07) is 28.0. The second-order valence-corrected chi connectivity index (χ2v) is 9.16. The van der Waals surface area contributed by atoms with Crippen LogP contribution in [0.15, 0.2) is 127 Å². The number of ether oxygens (including phenoxy) is 2. The molecule has 0 aliphatic rings. The SMILES string of the molecule is C=C(C=C=Cc1cccc(C)n1)OC(C)=CC=Cc1cccc(Cc2cccc(Oc3cccc(C)c3)c2)n1. The fourth-order valence-corrected chi connectivity index (χ4v) is 3.85. The number of aromatic nitrogens is 2. The first-order valence-electron chi connectivity index (χ1n) is 12.8. The maximum atomic E-state index is 6.04. The third kappa shape index (κ3) is 9.15. The molecule has 0 aliphatic heterocycles. The number of benzene rings is 2. The predicted octanol–water partition coefficient (Wildman–Crippen LogP) is 8.79. The average Bonchev–Trinajstić information content (AvgIpc) is 2.89. The molecule has 0 fully saturated rings. The highest BCUT2D eigenvalue weighted by Crippen LogP contribution is 2.24. The maximum Gasteiger partial charge on any atom is 0.127 e. The molecule has 4 nitrogen and oxygen atoms in total. The van der Waals surface area contributed by atoms with Crippen LogP contribution in [0.2, 0.25) is 0 Å². The van der Waals surface area contributed by atoms with Gasteiger partial charge in [-0.25, -0.2) is 0 Å². The van der Waals surface area contributed by atoms with Crippen molar-refractivity contribution in [2.24, 2.45) is 0 Å². The van der Waals surface area contributed by atoms with Gasteiger partial charge in [0, 0.05) is 30.0 Å². The summed E-state index contributed by atoms with van der Waals surface area (Å²) in [6.07, 6.45) is 9.95. The molecule has 194 valence electrons. The van der Waals surface area contributed by atoms with Gasteiger partial charge in [-0.3, -0.25) is 9.97 Å². The van der Waals surface area contributed by atoms with E-state index in [0.717, 1.165) is 39.8 Å². The summed E-state index contributed by atoms with van der Waals surface area (Å²) < 4.78 is 11.8. The summed E-state index contributed by atoms with van der Waals surface area (Å²) in [7, 11) is 0. The van der Waals surface area contributed by atoms with Crippen LogP contribution in [0.3, 0.4) is 0 Å². The Kier molecular flexibility index (Phi) is 9.44. The van der Waals surface area contributed by atoms with E-state index >= 15 is 0 Å².